The van der Waals surface area contributed by atoms with Crippen molar-refractivity contribution in [1.29, 1.82) is 0 Å². The summed E-state index contributed by atoms with van der Waals surface area (Å²) in [6, 6.07) is -1.15. The van der Waals surface area contributed by atoms with Crippen molar-refractivity contribution in [2.24, 2.45) is 29.1 Å². The number of carbonyl (C=O) groups excluding carboxylic acids is 4. The molecule has 0 spiro atoms. The predicted octanol–water partition coefficient (Wildman–Crippen LogP) is 5.03. The second kappa shape index (κ2) is 20.7. The fourth-order valence-electron chi connectivity index (χ4n) is 9.64. The van der Waals surface area contributed by atoms with Crippen molar-refractivity contribution in [3.05, 3.63) is 36.0 Å². The van der Waals surface area contributed by atoms with Crippen LogP contribution in [0.4, 0.5) is 0 Å². The first kappa shape index (κ1) is 47.9. The number of methoxy groups -OCH3 is 3. The highest BCUT2D eigenvalue weighted by molar-refractivity contribution is 6.39. The van der Waals surface area contributed by atoms with Crippen molar-refractivity contribution >= 4 is 23.4 Å². The molecule has 3 aliphatic heterocycles. The quantitative estimate of drug-likeness (QED) is 0.178. The number of aliphatic hydroxyl groups excluding tert-OH is 2. The zero-order valence-corrected chi connectivity index (χ0v) is 36.3. The number of ether oxygens (including phenoxy) is 5. The minimum atomic E-state index is -2.57. The number of carbonyl (C=O) groups is 4. The van der Waals surface area contributed by atoms with Gasteiger partial charge in [0.05, 0.1) is 30.5 Å². The molecule has 13 atom stereocenters. The number of esters is 1. The Morgan fingerprint density at radius 2 is 1.62 bits per heavy atom. The van der Waals surface area contributed by atoms with Gasteiger partial charge in [0.2, 0.25) is 5.79 Å². The number of Topliss-reactive ketones (excluding diaryl/α,β-unsaturated/α-hetero) is 2. The van der Waals surface area contributed by atoms with Gasteiger partial charge < -0.3 is 43.9 Å². The first-order chi connectivity index (χ1) is 27.3. The second-order valence-corrected chi connectivity index (χ2v) is 18.2. The summed E-state index contributed by atoms with van der Waals surface area (Å²) < 4.78 is 30.0. The molecule has 0 unspecified atom stereocenters. The summed E-state index contributed by atoms with van der Waals surface area (Å²) in [4.78, 5) is 58.3. The van der Waals surface area contributed by atoms with E-state index in [2.05, 4.69) is 6.58 Å². The van der Waals surface area contributed by atoms with Gasteiger partial charge >= 0.3 is 5.97 Å². The summed E-state index contributed by atoms with van der Waals surface area (Å²) in [7, 11) is 4.62. The molecule has 0 aromatic heterocycles. The Labute approximate surface area is 345 Å². The predicted molar refractivity (Wildman–Crippen MR) is 217 cm³/mol. The Bertz CT molecular complexity index is 1520. The van der Waals surface area contributed by atoms with E-state index in [0.717, 1.165) is 5.57 Å². The van der Waals surface area contributed by atoms with Gasteiger partial charge in [-0.15, -0.1) is 6.58 Å². The zero-order chi connectivity index (χ0) is 43.1. The summed E-state index contributed by atoms with van der Waals surface area (Å²) >= 11 is 0. The van der Waals surface area contributed by atoms with Crippen molar-refractivity contribution in [3.8, 4) is 0 Å². The van der Waals surface area contributed by atoms with Crippen molar-refractivity contribution in [2.75, 3.05) is 27.9 Å². The van der Waals surface area contributed by atoms with Crippen LogP contribution in [0, 0.1) is 29.1 Å². The number of ketones is 2. The maximum absolute atomic E-state index is 14.4. The third kappa shape index (κ3) is 10.9. The molecule has 13 heteroatoms. The van der Waals surface area contributed by atoms with E-state index in [1.165, 1.54) is 19.1 Å². The monoisotopic (exact) mass is 817 g/mol. The van der Waals surface area contributed by atoms with Gasteiger partial charge in [-0.3, -0.25) is 14.4 Å². The average molecular weight is 818 g/mol. The normalized spacial score (nSPS) is 40.1. The standard InChI is InChI=1S/C45H71NO12/c1-11-14-31-20-26(2)19-27(3)21-37(55-9)40-38(56-10)25-44(6,7)45(53,58-40)41(50)42(51)46-18-13-12-15-32(46)43(52)57-39(29(5)34(48)24-35(31)49)28(4)22-30-16-17-33(47)36(23-30)54-8/h11,20,22,27,29-34,36-40,47-48,53H,1,12-19,21,23-25H2,2-10H3/b26-20+,28-22+/t27-,29+,30-,31+,32-,33+,34-,36+,37-,38-,39+,40+,45-/m0/s1. The van der Waals surface area contributed by atoms with Crippen LogP contribution in [0.1, 0.15) is 112 Å². The lowest BCUT2D eigenvalue weighted by atomic mass is 9.71. The molecule has 0 aromatic rings. The fourth-order valence-corrected chi connectivity index (χ4v) is 9.64. The first-order valence-corrected chi connectivity index (χ1v) is 21.2. The number of cyclic esters (lactones) is 1. The van der Waals surface area contributed by atoms with Crippen molar-refractivity contribution in [2.45, 2.75) is 167 Å². The van der Waals surface area contributed by atoms with Gasteiger partial charge in [-0.05, 0) is 95.5 Å². The molecule has 1 aliphatic carbocycles. The lowest BCUT2D eigenvalue weighted by Gasteiger charge is -2.51. The van der Waals surface area contributed by atoms with E-state index >= 15 is 0 Å². The van der Waals surface area contributed by atoms with Crippen LogP contribution in [0.3, 0.4) is 0 Å². The van der Waals surface area contributed by atoms with E-state index in [1.54, 1.807) is 34.0 Å². The SMILES string of the molecule is C=CC[C@@H]1/C=C(\C)C[C@H](C)C[C@H](OC)[C@H]2O[C@@](O)(C(=O)C(=O)N3CCCC[C@H]3C(=O)O[C@H](/C(C)=C/[C@@H]3CC[C@@H](O)[C@H](OC)C3)[C@H](C)[C@@H](O)CC1=O)C(C)(C)C[C@@H]2OC. The molecule has 4 aliphatic rings. The maximum Gasteiger partial charge on any atom is 0.329 e. The number of amides is 1. The summed E-state index contributed by atoms with van der Waals surface area (Å²) in [5.74, 6) is -7.04. The van der Waals surface area contributed by atoms with E-state index < -0.39 is 83.4 Å². The second-order valence-electron chi connectivity index (χ2n) is 18.2. The number of fused-ring (bicyclic) bond motifs is 3. The number of rotatable bonds is 7. The highest BCUT2D eigenvalue weighted by Crippen LogP contribution is 2.46. The minimum Gasteiger partial charge on any atom is -0.456 e. The molecule has 3 N–H and O–H groups in total. The van der Waals surface area contributed by atoms with E-state index in [-0.39, 0.29) is 49.5 Å². The molecule has 2 bridgehead atoms. The molecule has 3 heterocycles. The van der Waals surface area contributed by atoms with Crippen LogP contribution in [0.5, 0.6) is 0 Å². The summed E-state index contributed by atoms with van der Waals surface area (Å²) in [6.07, 6.45) is 4.77. The number of hydrogen-bond donors (Lipinski definition) is 3. The molecule has 13 nitrogen and oxygen atoms in total. The number of piperidine rings is 1. The van der Waals surface area contributed by atoms with Gasteiger partial charge in [0, 0.05) is 51.5 Å². The minimum absolute atomic E-state index is 0.00117. The Kier molecular flexibility index (Phi) is 17.1. The van der Waals surface area contributed by atoms with E-state index in [4.69, 9.17) is 23.7 Å². The molecule has 328 valence electrons. The van der Waals surface area contributed by atoms with Crippen LogP contribution in [-0.4, -0.2) is 126 Å². The Hall–Kier alpha value is -2.78. The lowest BCUT2D eigenvalue weighted by Crippen LogP contribution is -2.68. The van der Waals surface area contributed by atoms with Crippen LogP contribution in [0.2, 0.25) is 0 Å². The Morgan fingerprint density at radius 3 is 2.26 bits per heavy atom. The molecular formula is C45H71NO12. The largest absolute Gasteiger partial charge is 0.456 e. The Balaban J connectivity index is 1.80. The molecular weight excluding hydrogens is 746 g/mol. The number of nitrogens with zero attached hydrogens (tertiary/aromatic N) is 1. The molecule has 4 rings (SSSR count). The van der Waals surface area contributed by atoms with E-state index in [9.17, 15) is 34.5 Å². The van der Waals surface area contributed by atoms with Gasteiger partial charge in [-0.1, -0.05) is 51.5 Å². The lowest BCUT2D eigenvalue weighted by molar-refractivity contribution is -0.326. The van der Waals surface area contributed by atoms with E-state index in [1.807, 2.05) is 32.9 Å². The van der Waals surface area contributed by atoms with Crippen molar-refractivity contribution in [1.82, 2.24) is 4.90 Å². The third-order valence-corrected chi connectivity index (χ3v) is 13.2. The van der Waals surface area contributed by atoms with Gasteiger partial charge in [0.15, 0.2) is 0 Å². The van der Waals surface area contributed by atoms with Crippen molar-refractivity contribution in [3.63, 3.8) is 0 Å². The first-order valence-electron chi connectivity index (χ1n) is 21.2. The van der Waals surface area contributed by atoms with Crippen LogP contribution >= 0.6 is 0 Å². The van der Waals surface area contributed by atoms with Gasteiger partial charge in [0.1, 0.15) is 24.0 Å². The van der Waals surface area contributed by atoms with Crippen LogP contribution in [0.25, 0.3) is 0 Å². The molecule has 1 amide bonds. The zero-order valence-electron chi connectivity index (χ0n) is 36.3. The highest BCUT2D eigenvalue weighted by Gasteiger charge is 2.62. The Morgan fingerprint density at radius 1 is 0.948 bits per heavy atom. The summed E-state index contributed by atoms with van der Waals surface area (Å²) in [6.45, 7) is 14.8. The van der Waals surface area contributed by atoms with Crippen molar-refractivity contribution < 1.29 is 58.2 Å². The maximum atomic E-state index is 14.4. The summed E-state index contributed by atoms with van der Waals surface area (Å²) in [5, 5.41) is 34.4. The molecule has 0 radical (unpaired) electrons. The van der Waals surface area contributed by atoms with Crippen LogP contribution in [0.15, 0.2) is 36.0 Å². The van der Waals surface area contributed by atoms with Gasteiger partial charge in [0.25, 0.3) is 11.7 Å². The summed E-state index contributed by atoms with van der Waals surface area (Å²) in [5.41, 5.74) is 0.331. The van der Waals surface area contributed by atoms with E-state index in [0.29, 0.717) is 56.9 Å². The molecule has 0 aromatic carbocycles. The number of hydrogen-bond acceptors (Lipinski definition) is 12. The molecule has 2 saturated heterocycles. The molecule has 1 saturated carbocycles. The number of aliphatic hydroxyl groups is 3. The molecule has 3 fully saturated rings. The topological polar surface area (TPSA) is 178 Å². The molecule has 58 heavy (non-hydrogen) atoms. The smallest absolute Gasteiger partial charge is 0.329 e. The van der Waals surface area contributed by atoms with Gasteiger partial charge in [-0.2, -0.15) is 0 Å². The fraction of sp³-hybridized carbons (Fsp3) is 0.778. The highest BCUT2D eigenvalue weighted by atomic mass is 16.7. The number of allylic oxidation sites excluding steroid dienone is 4. The van der Waals surface area contributed by atoms with Crippen LogP contribution < -0.4 is 0 Å². The van der Waals surface area contributed by atoms with Crippen LogP contribution in [-0.2, 0) is 42.9 Å². The third-order valence-electron chi connectivity index (χ3n) is 13.2. The van der Waals surface area contributed by atoms with Gasteiger partial charge in [-0.25, -0.2) is 4.79 Å². The average Bonchev–Trinajstić information content (AvgIpc) is 3.18.